The van der Waals surface area contributed by atoms with Gasteiger partial charge in [0.25, 0.3) is 0 Å². The van der Waals surface area contributed by atoms with Crippen LogP contribution in [0.1, 0.15) is 5.56 Å². The monoisotopic (exact) mass is 220 g/mol. The van der Waals surface area contributed by atoms with Gasteiger partial charge in [-0.3, -0.25) is 5.43 Å². The van der Waals surface area contributed by atoms with Gasteiger partial charge in [0.2, 0.25) is 5.13 Å². The molecular formula is C10H12N4S. The molecule has 0 saturated heterocycles. The zero-order valence-corrected chi connectivity index (χ0v) is 9.43. The number of rotatable bonds is 3. The highest BCUT2D eigenvalue weighted by Gasteiger charge is 2.07. The average Bonchev–Trinajstić information content (AvgIpc) is 2.68. The van der Waals surface area contributed by atoms with Crippen molar-refractivity contribution in [1.29, 1.82) is 0 Å². The number of benzene rings is 1. The predicted molar refractivity (Wildman–Crippen MR) is 62.8 cm³/mol. The largest absolute Gasteiger partial charge is 0.296 e. The van der Waals surface area contributed by atoms with Crippen LogP contribution in [0.3, 0.4) is 0 Å². The number of aromatic nitrogens is 2. The third-order valence-electron chi connectivity index (χ3n) is 2.03. The Bertz CT molecular complexity index is 452. The lowest BCUT2D eigenvalue weighted by molar-refractivity contribution is 0.957. The number of hydrogen-bond donors (Lipinski definition) is 2. The van der Waals surface area contributed by atoms with Gasteiger partial charge in [-0.15, -0.1) is 10.2 Å². The normalized spacial score (nSPS) is 10.3. The minimum atomic E-state index is 0.774. The molecule has 2 N–H and O–H groups in total. The molecule has 2 aromatic rings. The van der Waals surface area contributed by atoms with E-state index in [0.717, 1.165) is 15.7 Å². The summed E-state index contributed by atoms with van der Waals surface area (Å²) in [6, 6.07) is 8.16. The fourth-order valence-corrected chi connectivity index (χ4v) is 2.14. The van der Waals surface area contributed by atoms with Crippen LogP contribution in [0, 0.1) is 6.92 Å². The number of aryl methyl sites for hydroxylation is 1. The molecule has 1 aromatic heterocycles. The molecule has 0 aliphatic heterocycles. The van der Waals surface area contributed by atoms with Gasteiger partial charge >= 0.3 is 0 Å². The summed E-state index contributed by atoms with van der Waals surface area (Å²) in [6.45, 7) is 2.07. The maximum atomic E-state index is 4.13. The van der Waals surface area contributed by atoms with Gasteiger partial charge in [0.15, 0.2) is 0 Å². The third kappa shape index (κ3) is 2.14. The fraction of sp³-hybridized carbons (Fsp3) is 0.200. The first-order valence-electron chi connectivity index (χ1n) is 4.63. The molecular weight excluding hydrogens is 208 g/mol. The van der Waals surface area contributed by atoms with Gasteiger partial charge in [0.05, 0.1) is 0 Å². The van der Waals surface area contributed by atoms with E-state index >= 15 is 0 Å². The van der Waals surface area contributed by atoms with Crippen LogP contribution in [0.4, 0.5) is 5.13 Å². The molecule has 0 aliphatic rings. The van der Waals surface area contributed by atoms with Crippen LogP contribution in [0.2, 0.25) is 0 Å². The van der Waals surface area contributed by atoms with Crippen molar-refractivity contribution in [3.8, 4) is 10.6 Å². The number of nitrogens with zero attached hydrogens (tertiary/aromatic N) is 2. The van der Waals surface area contributed by atoms with Crippen LogP contribution in [-0.2, 0) is 0 Å². The average molecular weight is 220 g/mol. The van der Waals surface area contributed by atoms with Gasteiger partial charge in [-0.05, 0) is 12.5 Å². The van der Waals surface area contributed by atoms with Gasteiger partial charge in [-0.2, -0.15) is 0 Å². The second-order valence-electron chi connectivity index (χ2n) is 3.10. The molecule has 0 radical (unpaired) electrons. The van der Waals surface area contributed by atoms with E-state index in [2.05, 4.69) is 40.1 Å². The Kier molecular flexibility index (Phi) is 2.94. The maximum Gasteiger partial charge on any atom is 0.220 e. The lowest BCUT2D eigenvalue weighted by Crippen LogP contribution is -2.14. The summed E-state index contributed by atoms with van der Waals surface area (Å²) in [5, 5.41) is 9.86. The van der Waals surface area contributed by atoms with E-state index in [1.807, 2.05) is 12.1 Å². The van der Waals surface area contributed by atoms with E-state index in [4.69, 9.17) is 0 Å². The lowest BCUT2D eigenvalue weighted by atomic mass is 10.1. The highest BCUT2D eigenvalue weighted by Crippen LogP contribution is 2.27. The number of anilines is 1. The fourth-order valence-electron chi connectivity index (χ4n) is 1.30. The molecule has 1 heterocycles. The number of hydrogen-bond acceptors (Lipinski definition) is 5. The topological polar surface area (TPSA) is 49.8 Å². The summed E-state index contributed by atoms with van der Waals surface area (Å²) in [4.78, 5) is 0. The van der Waals surface area contributed by atoms with Crippen LogP contribution in [0.15, 0.2) is 24.3 Å². The first kappa shape index (κ1) is 10.1. The highest BCUT2D eigenvalue weighted by molar-refractivity contribution is 7.18. The van der Waals surface area contributed by atoms with Crippen LogP contribution in [-0.4, -0.2) is 17.2 Å². The van der Waals surface area contributed by atoms with Gasteiger partial charge < -0.3 is 0 Å². The Morgan fingerprint density at radius 3 is 2.73 bits per heavy atom. The Balaban J connectivity index is 2.33. The van der Waals surface area contributed by atoms with Crippen molar-refractivity contribution in [2.45, 2.75) is 6.92 Å². The van der Waals surface area contributed by atoms with E-state index in [9.17, 15) is 0 Å². The third-order valence-corrected chi connectivity index (χ3v) is 2.90. The molecule has 0 unspecified atom stereocenters. The van der Waals surface area contributed by atoms with Gasteiger partial charge in [-0.25, -0.2) is 5.43 Å². The van der Waals surface area contributed by atoms with E-state index in [0.29, 0.717) is 0 Å². The van der Waals surface area contributed by atoms with Crippen molar-refractivity contribution >= 4 is 16.5 Å². The molecule has 0 bridgehead atoms. The molecule has 0 fully saturated rings. The van der Waals surface area contributed by atoms with Crippen molar-refractivity contribution in [2.24, 2.45) is 0 Å². The number of nitrogens with one attached hydrogen (secondary N) is 2. The standard InChI is InChI=1S/C10H12N4S/c1-7-5-3-4-6-8(7)9-12-14-10(15-9)13-11-2/h3-6,11H,1-2H3,(H,13,14). The first-order valence-corrected chi connectivity index (χ1v) is 5.45. The van der Waals surface area contributed by atoms with E-state index in [-0.39, 0.29) is 0 Å². The molecule has 0 amide bonds. The van der Waals surface area contributed by atoms with Gasteiger partial charge in [0, 0.05) is 12.6 Å². The van der Waals surface area contributed by atoms with Crippen LogP contribution in [0.5, 0.6) is 0 Å². The Labute approximate surface area is 92.3 Å². The minimum Gasteiger partial charge on any atom is -0.296 e. The highest BCUT2D eigenvalue weighted by atomic mass is 32.1. The lowest BCUT2D eigenvalue weighted by Gasteiger charge is -1.99. The Hall–Kier alpha value is -1.46. The molecule has 1 aromatic carbocycles. The molecule has 0 aliphatic carbocycles. The van der Waals surface area contributed by atoms with E-state index < -0.39 is 0 Å². The molecule has 2 rings (SSSR count). The van der Waals surface area contributed by atoms with E-state index in [1.54, 1.807) is 7.05 Å². The quantitative estimate of drug-likeness (QED) is 0.777. The molecule has 0 atom stereocenters. The summed E-state index contributed by atoms with van der Waals surface area (Å²) >= 11 is 1.53. The van der Waals surface area contributed by atoms with Crippen LogP contribution in [0.25, 0.3) is 10.6 Å². The van der Waals surface area contributed by atoms with Crippen molar-refractivity contribution in [3.05, 3.63) is 29.8 Å². The van der Waals surface area contributed by atoms with Crippen LogP contribution >= 0.6 is 11.3 Å². The number of hydrazine groups is 1. The van der Waals surface area contributed by atoms with Crippen molar-refractivity contribution in [3.63, 3.8) is 0 Å². The molecule has 78 valence electrons. The SMILES string of the molecule is CNNc1nnc(-c2ccccc2C)s1. The molecule has 0 spiro atoms. The van der Waals surface area contributed by atoms with E-state index in [1.165, 1.54) is 16.9 Å². The maximum absolute atomic E-state index is 4.13. The molecule has 4 nitrogen and oxygen atoms in total. The zero-order valence-electron chi connectivity index (χ0n) is 8.61. The minimum absolute atomic E-state index is 0.774. The van der Waals surface area contributed by atoms with Gasteiger partial charge in [0.1, 0.15) is 5.01 Å². The Morgan fingerprint density at radius 1 is 1.20 bits per heavy atom. The van der Waals surface area contributed by atoms with Crippen molar-refractivity contribution in [1.82, 2.24) is 15.6 Å². The zero-order chi connectivity index (χ0) is 10.7. The van der Waals surface area contributed by atoms with Crippen molar-refractivity contribution in [2.75, 3.05) is 12.5 Å². The van der Waals surface area contributed by atoms with Crippen molar-refractivity contribution < 1.29 is 0 Å². The summed E-state index contributed by atoms with van der Waals surface area (Å²) in [6.07, 6.45) is 0. The molecule has 15 heavy (non-hydrogen) atoms. The second-order valence-corrected chi connectivity index (χ2v) is 4.08. The smallest absolute Gasteiger partial charge is 0.220 e. The molecule has 0 saturated carbocycles. The Morgan fingerprint density at radius 2 is 2.00 bits per heavy atom. The summed E-state index contributed by atoms with van der Waals surface area (Å²) in [5.41, 5.74) is 8.08. The summed E-state index contributed by atoms with van der Waals surface area (Å²) < 4.78 is 0. The summed E-state index contributed by atoms with van der Waals surface area (Å²) in [7, 11) is 1.80. The predicted octanol–water partition coefficient (Wildman–Crippen LogP) is 2.06. The van der Waals surface area contributed by atoms with Crippen LogP contribution < -0.4 is 10.9 Å². The first-order chi connectivity index (χ1) is 7.31. The van der Waals surface area contributed by atoms with Gasteiger partial charge in [-0.1, -0.05) is 35.6 Å². The second kappa shape index (κ2) is 4.37. The molecule has 5 heteroatoms. The summed E-state index contributed by atoms with van der Waals surface area (Å²) in [5.74, 6) is 0.